The average molecular weight is 428 g/mol. The summed E-state index contributed by atoms with van der Waals surface area (Å²) in [6.07, 6.45) is 0.0929. The molecule has 8 nitrogen and oxygen atoms in total. The molecule has 31 heavy (non-hydrogen) atoms. The van der Waals surface area contributed by atoms with E-state index in [0.717, 1.165) is 0 Å². The van der Waals surface area contributed by atoms with Gasteiger partial charge in [-0.3, -0.25) is 14.9 Å². The van der Waals surface area contributed by atoms with E-state index in [1.807, 2.05) is 19.9 Å². The predicted molar refractivity (Wildman–Crippen MR) is 119 cm³/mol. The summed E-state index contributed by atoms with van der Waals surface area (Å²) in [6, 6.07) is 14.7. The number of hydrogen-bond acceptors (Lipinski definition) is 5. The summed E-state index contributed by atoms with van der Waals surface area (Å²) in [6.45, 7) is 4.30. The zero-order valence-electron chi connectivity index (χ0n) is 18.0. The van der Waals surface area contributed by atoms with E-state index in [-0.39, 0.29) is 24.3 Å². The highest BCUT2D eigenvalue weighted by atomic mass is 16.6. The van der Waals surface area contributed by atoms with Gasteiger partial charge in [0, 0.05) is 24.0 Å². The molecule has 166 valence electrons. The number of methoxy groups -OCH3 is 1. The standard InChI is InChI=1S/C23H29N3O5/c1-4-16(2)20(26-21(27)17-9-6-5-7-10-17)22(28)24-18-11-8-12-19(15-18)25-23(29)31-14-13-30-3/h5-12,15-16,20H,4,13-14H2,1-3H3,(H,24,28)(H,25,29)(H,26,27). The molecular weight excluding hydrogens is 398 g/mol. The van der Waals surface area contributed by atoms with E-state index in [1.54, 1.807) is 48.5 Å². The molecule has 2 aromatic rings. The second-order valence-electron chi connectivity index (χ2n) is 7.03. The van der Waals surface area contributed by atoms with Crippen molar-refractivity contribution in [3.63, 3.8) is 0 Å². The number of rotatable bonds is 10. The second-order valence-corrected chi connectivity index (χ2v) is 7.03. The summed E-state index contributed by atoms with van der Waals surface area (Å²) in [4.78, 5) is 37.3. The van der Waals surface area contributed by atoms with Gasteiger partial charge < -0.3 is 20.1 Å². The number of carbonyl (C=O) groups excluding carboxylic acids is 3. The summed E-state index contributed by atoms with van der Waals surface area (Å²) in [5.41, 5.74) is 1.44. The van der Waals surface area contributed by atoms with Crippen molar-refractivity contribution < 1.29 is 23.9 Å². The van der Waals surface area contributed by atoms with Gasteiger partial charge in [0.15, 0.2) is 0 Å². The number of hydrogen-bond donors (Lipinski definition) is 3. The third-order valence-electron chi connectivity index (χ3n) is 4.72. The lowest BCUT2D eigenvalue weighted by Crippen LogP contribution is -2.47. The minimum absolute atomic E-state index is 0.0790. The first-order valence-electron chi connectivity index (χ1n) is 10.1. The Labute approximate surface area is 182 Å². The largest absolute Gasteiger partial charge is 0.447 e. The molecule has 0 radical (unpaired) electrons. The van der Waals surface area contributed by atoms with Gasteiger partial charge in [-0.05, 0) is 36.2 Å². The summed E-state index contributed by atoms with van der Waals surface area (Å²) in [7, 11) is 1.52. The Kier molecular flexibility index (Phi) is 9.51. The fourth-order valence-electron chi connectivity index (χ4n) is 2.78. The quantitative estimate of drug-likeness (QED) is 0.502. The molecule has 2 unspecified atom stereocenters. The summed E-state index contributed by atoms with van der Waals surface area (Å²) in [5, 5.41) is 8.23. The van der Waals surface area contributed by atoms with Crippen molar-refractivity contribution in [1.29, 1.82) is 0 Å². The normalized spacial score (nSPS) is 12.4. The van der Waals surface area contributed by atoms with E-state index >= 15 is 0 Å². The third-order valence-corrected chi connectivity index (χ3v) is 4.72. The first-order valence-corrected chi connectivity index (χ1v) is 10.1. The van der Waals surface area contributed by atoms with Crippen LogP contribution in [0.4, 0.5) is 16.2 Å². The summed E-state index contributed by atoms with van der Waals surface area (Å²) >= 11 is 0. The Morgan fingerprint density at radius 1 is 0.935 bits per heavy atom. The van der Waals surface area contributed by atoms with Gasteiger partial charge in [0.25, 0.3) is 5.91 Å². The molecule has 2 rings (SSSR count). The van der Waals surface area contributed by atoms with Crippen molar-refractivity contribution >= 4 is 29.3 Å². The van der Waals surface area contributed by atoms with Gasteiger partial charge in [-0.2, -0.15) is 0 Å². The summed E-state index contributed by atoms with van der Waals surface area (Å²) < 4.78 is 9.80. The van der Waals surface area contributed by atoms with E-state index in [0.29, 0.717) is 30.0 Å². The van der Waals surface area contributed by atoms with Crippen LogP contribution in [0.1, 0.15) is 30.6 Å². The molecule has 0 aromatic heterocycles. The van der Waals surface area contributed by atoms with Crippen molar-refractivity contribution in [3.05, 3.63) is 60.2 Å². The molecular formula is C23H29N3O5. The molecule has 0 heterocycles. The molecule has 2 atom stereocenters. The highest BCUT2D eigenvalue weighted by molar-refractivity contribution is 6.01. The average Bonchev–Trinajstić information content (AvgIpc) is 2.77. The molecule has 3 amide bonds. The Morgan fingerprint density at radius 2 is 1.61 bits per heavy atom. The van der Waals surface area contributed by atoms with Crippen molar-refractivity contribution in [2.75, 3.05) is 31.0 Å². The maximum absolute atomic E-state index is 12.9. The lowest BCUT2D eigenvalue weighted by atomic mass is 9.97. The molecule has 3 N–H and O–H groups in total. The fourth-order valence-corrected chi connectivity index (χ4v) is 2.78. The van der Waals surface area contributed by atoms with Gasteiger partial charge in [0.1, 0.15) is 12.6 Å². The topological polar surface area (TPSA) is 106 Å². The van der Waals surface area contributed by atoms with Crippen LogP contribution >= 0.6 is 0 Å². The van der Waals surface area contributed by atoms with Crippen LogP contribution in [0.3, 0.4) is 0 Å². The smallest absolute Gasteiger partial charge is 0.411 e. The Balaban J connectivity index is 2.04. The number of ether oxygens (including phenoxy) is 2. The first-order chi connectivity index (χ1) is 14.9. The van der Waals surface area contributed by atoms with E-state index in [4.69, 9.17) is 9.47 Å². The van der Waals surface area contributed by atoms with Crippen molar-refractivity contribution in [3.8, 4) is 0 Å². The molecule has 0 aliphatic rings. The third kappa shape index (κ3) is 7.75. The molecule has 0 saturated heterocycles. The van der Waals surface area contributed by atoms with Crippen LogP contribution in [-0.4, -0.2) is 44.3 Å². The minimum Gasteiger partial charge on any atom is -0.447 e. The number of nitrogens with one attached hydrogen (secondary N) is 3. The monoisotopic (exact) mass is 427 g/mol. The van der Waals surface area contributed by atoms with Crippen LogP contribution in [0.2, 0.25) is 0 Å². The van der Waals surface area contributed by atoms with Crippen molar-refractivity contribution in [2.45, 2.75) is 26.3 Å². The number of carbonyl (C=O) groups is 3. The zero-order chi connectivity index (χ0) is 22.6. The zero-order valence-corrected chi connectivity index (χ0v) is 18.0. The molecule has 8 heteroatoms. The number of anilines is 2. The highest BCUT2D eigenvalue weighted by Gasteiger charge is 2.26. The SMILES string of the molecule is CCC(C)C(NC(=O)c1ccccc1)C(=O)Nc1cccc(NC(=O)OCCOC)c1. The summed E-state index contributed by atoms with van der Waals surface area (Å²) in [5.74, 6) is -0.724. The fraction of sp³-hybridized carbons (Fsp3) is 0.348. The van der Waals surface area contributed by atoms with Crippen LogP contribution in [0.5, 0.6) is 0 Å². The second kappa shape index (κ2) is 12.3. The Bertz CT molecular complexity index is 873. The molecule has 0 fully saturated rings. The van der Waals surface area contributed by atoms with E-state index in [2.05, 4.69) is 16.0 Å². The molecule has 0 aliphatic carbocycles. The van der Waals surface area contributed by atoms with Crippen LogP contribution < -0.4 is 16.0 Å². The van der Waals surface area contributed by atoms with Crippen LogP contribution in [0.15, 0.2) is 54.6 Å². The molecule has 0 spiro atoms. The lowest BCUT2D eigenvalue weighted by molar-refractivity contribution is -0.119. The predicted octanol–water partition coefficient (Wildman–Crippen LogP) is 3.66. The van der Waals surface area contributed by atoms with E-state index < -0.39 is 12.1 Å². The maximum Gasteiger partial charge on any atom is 0.411 e. The van der Waals surface area contributed by atoms with Crippen LogP contribution in [0.25, 0.3) is 0 Å². The van der Waals surface area contributed by atoms with Gasteiger partial charge >= 0.3 is 6.09 Å². The van der Waals surface area contributed by atoms with Gasteiger partial charge in [-0.15, -0.1) is 0 Å². The Morgan fingerprint density at radius 3 is 2.26 bits per heavy atom. The molecule has 0 bridgehead atoms. The maximum atomic E-state index is 12.9. The van der Waals surface area contributed by atoms with Crippen molar-refractivity contribution in [2.24, 2.45) is 5.92 Å². The van der Waals surface area contributed by atoms with Crippen molar-refractivity contribution in [1.82, 2.24) is 5.32 Å². The molecule has 0 saturated carbocycles. The first kappa shape index (κ1) is 23.9. The van der Waals surface area contributed by atoms with Crippen LogP contribution in [0, 0.1) is 5.92 Å². The number of amides is 3. The minimum atomic E-state index is -0.715. The van der Waals surface area contributed by atoms with Gasteiger partial charge in [-0.1, -0.05) is 44.5 Å². The lowest BCUT2D eigenvalue weighted by Gasteiger charge is -2.23. The van der Waals surface area contributed by atoms with Gasteiger partial charge in [0.2, 0.25) is 5.91 Å². The van der Waals surface area contributed by atoms with Gasteiger partial charge in [-0.25, -0.2) is 4.79 Å². The number of benzene rings is 2. The van der Waals surface area contributed by atoms with Crippen LogP contribution in [-0.2, 0) is 14.3 Å². The van der Waals surface area contributed by atoms with Gasteiger partial charge in [0.05, 0.1) is 6.61 Å². The highest BCUT2D eigenvalue weighted by Crippen LogP contribution is 2.17. The molecule has 0 aliphatic heterocycles. The van der Waals surface area contributed by atoms with E-state index in [1.165, 1.54) is 7.11 Å². The molecule has 2 aromatic carbocycles. The Hall–Kier alpha value is -3.39. The van der Waals surface area contributed by atoms with E-state index in [9.17, 15) is 14.4 Å².